The monoisotopic (exact) mass is 192 g/mol. The van der Waals surface area contributed by atoms with E-state index in [-0.39, 0.29) is 11.9 Å². The Morgan fingerprint density at radius 1 is 1.64 bits per heavy atom. The van der Waals surface area contributed by atoms with E-state index < -0.39 is 0 Å². The van der Waals surface area contributed by atoms with Crippen molar-refractivity contribution in [2.45, 2.75) is 12.5 Å². The summed E-state index contributed by atoms with van der Waals surface area (Å²) in [6.45, 7) is 0.787. The molecule has 74 valence electrons. The lowest BCUT2D eigenvalue weighted by Gasteiger charge is -2.40. The van der Waals surface area contributed by atoms with E-state index in [0.29, 0.717) is 11.5 Å². The highest BCUT2D eigenvalue weighted by Crippen LogP contribution is 2.28. The Morgan fingerprint density at radius 3 is 2.93 bits per heavy atom. The number of hydrogen-bond donors (Lipinski definition) is 2. The van der Waals surface area contributed by atoms with Gasteiger partial charge in [0.15, 0.2) is 5.82 Å². The normalized spacial score (nSPS) is 20.3. The summed E-state index contributed by atoms with van der Waals surface area (Å²) in [5.74, 6) is 0.337. The molecule has 1 amide bonds. The lowest BCUT2D eigenvalue weighted by Crippen LogP contribution is -2.55. The minimum Gasteiger partial charge on any atom is -0.396 e. The van der Waals surface area contributed by atoms with Gasteiger partial charge in [0.1, 0.15) is 6.04 Å². The van der Waals surface area contributed by atoms with E-state index in [9.17, 15) is 4.79 Å². The summed E-state index contributed by atoms with van der Waals surface area (Å²) in [5, 5.41) is 0. The quantitative estimate of drug-likeness (QED) is 0.675. The third-order valence-corrected chi connectivity index (χ3v) is 2.44. The second-order valence-corrected chi connectivity index (χ2v) is 3.32. The molecule has 1 aromatic heterocycles. The number of aromatic nitrogens is 1. The van der Waals surface area contributed by atoms with Crippen LogP contribution in [0.15, 0.2) is 18.3 Å². The first kappa shape index (κ1) is 8.80. The molecule has 0 radical (unpaired) electrons. The maximum absolute atomic E-state index is 11.0. The minimum absolute atomic E-state index is 0.243. The zero-order valence-corrected chi connectivity index (χ0v) is 7.68. The lowest BCUT2D eigenvalue weighted by atomic mass is 10.0. The number of pyridine rings is 1. The molecule has 0 saturated carbocycles. The number of nitrogen functional groups attached to an aromatic ring is 1. The zero-order valence-electron chi connectivity index (χ0n) is 7.68. The van der Waals surface area contributed by atoms with Crippen molar-refractivity contribution < 1.29 is 4.79 Å². The van der Waals surface area contributed by atoms with Gasteiger partial charge in [0.2, 0.25) is 5.91 Å². The predicted molar refractivity (Wildman–Crippen MR) is 53.6 cm³/mol. The molecule has 2 heterocycles. The third kappa shape index (κ3) is 1.26. The fourth-order valence-corrected chi connectivity index (χ4v) is 1.59. The summed E-state index contributed by atoms with van der Waals surface area (Å²) in [4.78, 5) is 16.9. The van der Waals surface area contributed by atoms with Crippen LogP contribution >= 0.6 is 0 Å². The Kier molecular flexibility index (Phi) is 1.99. The summed E-state index contributed by atoms with van der Waals surface area (Å²) >= 11 is 0. The molecule has 0 bridgehead atoms. The maximum atomic E-state index is 11.0. The molecule has 4 N–H and O–H groups in total. The number of amides is 1. The number of anilines is 2. The Hall–Kier alpha value is -1.78. The summed E-state index contributed by atoms with van der Waals surface area (Å²) in [6, 6.07) is 3.28. The van der Waals surface area contributed by atoms with Gasteiger partial charge >= 0.3 is 0 Å². The number of primary amides is 1. The Balaban J connectivity index is 2.24. The topological polar surface area (TPSA) is 85.2 Å². The molecule has 1 aliphatic rings. The fraction of sp³-hybridized carbons (Fsp3) is 0.333. The number of rotatable bonds is 2. The third-order valence-electron chi connectivity index (χ3n) is 2.44. The van der Waals surface area contributed by atoms with Crippen LogP contribution in [-0.4, -0.2) is 23.5 Å². The molecule has 0 spiro atoms. The zero-order chi connectivity index (χ0) is 10.1. The number of carbonyl (C=O) groups excluding carboxylic acids is 1. The summed E-state index contributed by atoms with van der Waals surface area (Å²) in [6.07, 6.45) is 2.44. The molecule has 0 aromatic carbocycles. The van der Waals surface area contributed by atoms with E-state index in [4.69, 9.17) is 11.5 Å². The van der Waals surface area contributed by atoms with E-state index in [1.807, 2.05) is 4.90 Å². The van der Waals surface area contributed by atoms with E-state index >= 15 is 0 Å². The number of nitrogens with two attached hydrogens (primary N) is 2. The molecular weight excluding hydrogens is 180 g/mol. The second kappa shape index (κ2) is 3.17. The van der Waals surface area contributed by atoms with Crippen molar-refractivity contribution >= 4 is 17.4 Å². The van der Waals surface area contributed by atoms with E-state index in [2.05, 4.69) is 4.98 Å². The van der Waals surface area contributed by atoms with Gasteiger partial charge in [-0.1, -0.05) is 0 Å². The Labute approximate surface area is 81.7 Å². The molecule has 14 heavy (non-hydrogen) atoms. The minimum atomic E-state index is -0.318. The van der Waals surface area contributed by atoms with Gasteiger partial charge in [-0.15, -0.1) is 0 Å². The number of carbonyl (C=O) groups is 1. The van der Waals surface area contributed by atoms with Crippen LogP contribution in [0.2, 0.25) is 0 Å². The molecule has 1 unspecified atom stereocenters. The molecule has 2 rings (SSSR count). The fourth-order valence-electron chi connectivity index (χ4n) is 1.59. The maximum Gasteiger partial charge on any atom is 0.240 e. The van der Waals surface area contributed by atoms with Crippen LogP contribution in [0.1, 0.15) is 6.42 Å². The molecule has 5 nitrogen and oxygen atoms in total. The molecule has 0 aliphatic carbocycles. The molecule has 1 fully saturated rings. The second-order valence-electron chi connectivity index (χ2n) is 3.32. The van der Waals surface area contributed by atoms with Crippen molar-refractivity contribution in [2.24, 2.45) is 5.73 Å². The average Bonchev–Trinajstić information content (AvgIpc) is 2.05. The summed E-state index contributed by atoms with van der Waals surface area (Å²) in [5.41, 5.74) is 11.5. The average molecular weight is 192 g/mol. The molecule has 1 atom stereocenters. The highest BCUT2D eigenvalue weighted by Gasteiger charge is 2.34. The first-order valence-corrected chi connectivity index (χ1v) is 4.46. The van der Waals surface area contributed by atoms with Crippen molar-refractivity contribution in [1.82, 2.24) is 4.98 Å². The molecule has 1 aromatic rings. The van der Waals surface area contributed by atoms with Gasteiger partial charge in [0.05, 0.1) is 5.69 Å². The van der Waals surface area contributed by atoms with Crippen LogP contribution < -0.4 is 16.4 Å². The van der Waals surface area contributed by atoms with E-state index in [0.717, 1.165) is 13.0 Å². The molecular formula is C9H12N4O. The number of hydrogen-bond acceptors (Lipinski definition) is 4. The van der Waals surface area contributed by atoms with Crippen LogP contribution in [0, 0.1) is 0 Å². The Bertz CT molecular complexity index is 366. The van der Waals surface area contributed by atoms with Crippen LogP contribution in [0.5, 0.6) is 0 Å². The smallest absolute Gasteiger partial charge is 0.240 e. The first-order valence-electron chi connectivity index (χ1n) is 4.46. The van der Waals surface area contributed by atoms with Crippen molar-refractivity contribution in [3.8, 4) is 0 Å². The standard InChI is InChI=1S/C9H12N4O/c10-6-2-1-4-12-9(6)13-5-3-7(13)8(11)14/h1-2,4,7H,3,5,10H2,(H2,11,14). The highest BCUT2D eigenvalue weighted by molar-refractivity contribution is 5.86. The Morgan fingerprint density at radius 2 is 2.43 bits per heavy atom. The van der Waals surface area contributed by atoms with Crippen molar-refractivity contribution in [3.63, 3.8) is 0 Å². The molecule has 1 aliphatic heterocycles. The highest BCUT2D eigenvalue weighted by atomic mass is 16.1. The van der Waals surface area contributed by atoms with Gasteiger partial charge in [-0.05, 0) is 18.6 Å². The lowest BCUT2D eigenvalue weighted by molar-refractivity contribution is -0.120. The number of nitrogens with zero attached hydrogens (tertiary/aromatic N) is 2. The van der Waals surface area contributed by atoms with Gasteiger partial charge < -0.3 is 16.4 Å². The van der Waals surface area contributed by atoms with Gasteiger partial charge in [-0.3, -0.25) is 4.79 Å². The largest absolute Gasteiger partial charge is 0.396 e. The van der Waals surface area contributed by atoms with Crippen LogP contribution in [0.3, 0.4) is 0 Å². The van der Waals surface area contributed by atoms with Gasteiger partial charge in [-0.25, -0.2) is 4.98 Å². The van der Waals surface area contributed by atoms with Crippen molar-refractivity contribution in [1.29, 1.82) is 0 Å². The predicted octanol–water partition coefficient (Wildman–Crippen LogP) is -0.272. The van der Waals surface area contributed by atoms with E-state index in [1.165, 1.54) is 0 Å². The summed E-state index contributed by atoms with van der Waals surface area (Å²) in [7, 11) is 0. The summed E-state index contributed by atoms with van der Waals surface area (Å²) < 4.78 is 0. The van der Waals surface area contributed by atoms with Crippen LogP contribution in [0.25, 0.3) is 0 Å². The van der Waals surface area contributed by atoms with Gasteiger partial charge in [0, 0.05) is 12.7 Å². The first-order chi connectivity index (χ1) is 6.70. The van der Waals surface area contributed by atoms with Crippen LogP contribution in [-0.2, 0) is 4.79 Å². The molecule has 5 heteroatoms. The van der Waals surface area contributed by atoms with Gasteiger partial charge in [-0.2, -0.15) is 0 Å². The van der Waals surface area contributed by atoms with Gasteiger partial charge in [0.25, 0.3) is 0 Å². The molecule has 1 saturated heterocycles. The van der Waals surface area contributed by atoms with Crippen molar-refractivity contribution in [3.05, 3.63) is 18.3 Å². The van der Waals surface area contributed by atoms with Crippen LogP contribution in [0.4, 0.5) is 11.5 Å². The van der Waals surface area contributed by atoms with Crippen molar-refractivity contribution in [2.75, 3.05) is 17.2 Å². The van der Waals surface area contributed by atoms with E-state index in [1.54, 1.807) is 18.3 Å². The SMILES string of the molecule is NC(=O)C1CCN1c1ncccc1N.